The minimum atomic E-state index is -0.534. The van der Waals surface area contributed by atoms with Gasteiger partial charge in [-0.25, -0.2) is 4.39 Å². The van der Waals surface area contributed by atoms with E-state index in [0.717, 1.165) is 0 Å². The van der Waals surface area contributed by atoms with Gasteiger partial charge in [-0.05, 0) is 28.1 Å². The summed E-state index contributed by atoms with van der Waals surface area (Å²) >= 11 is 3.20. The Morgan fingerprint density at radius 1 is 1.16 bits per heavy atom. The zero-order chi connectivity index (χ0) is 14.0. The Bertz CT molecular complexity index is 493. The summed E-state index contributed by atoms with van der Waals surface area (Å²) in [6.07, 6.45) is 0. The maximum atomic E-state index is 13.7. The summed E-state index contributed by atoms with van der Waals surface area (Å²) in [7, 11) is 0. The van der Waals surface area contributed by atoms with Crippen LogP contribution in [-0.2, 0) is 4.79 Å². The first-order valence-corrected chi connectivity index (χ1v) is 6.79. The predicted molar refractivity (Wildman–Crippen MR) is 72.3 cm³/mol. The molecule has 0 spiro atoms. The standard InChI is InChI=1S/C13H14BrFN2O2/c1-9(18)16-5-7-17(8-6-16)13(19)12-10(14)3-2-4-11(12)15/h2-4H,5-8H2,1H3. The second-order valence-corrected chi connectivity index (χ2v) is 5.25. The van der Waals surface area contributed by atoms with Gasteiger partial charge in [0.25, 0.3) is 5.91 Å². The van der Waals surface area contributed by atoms with E-state index < -0.39 is 5.82 Å². The average Bonchev–Trinajstić information content (AvgIpc) is 2.38. The fraction of sp³-hybridized carbons (Fsp3) is 0.385. The van der Waals surface area contributed by atoms with Crippen LogP contribution < -0.4 is 0 Å². The summed E-state index contributed by atoms with van der Waals surface area (Å²) in [5, 5.41) is 0. The molecule has 1 aliphatic rings. The molecule has 0 bridgehead atoms. The number of piperazine rings is 1. The highest BCUT2D eigenvalue weighted by atomic mass is 79.9. The fourth-order valence-corrected chi connectivity index (χ4v) is 2.60. The topological polar surface area (TPSA) is 40.6 Å². The molecule has 4 nitrogen and oxygen atoms in total. The summed E-state index contributed by atoms with van der Waals surface area (Å²) in [4.78, 5) is 26.7. The van der Waals surface area contributed by atoms with Crippen molar-refractivity contribution in [1.82, 2.24) is 9.80 Å². The van der Waals surface area contributed by atoms with Crippen LogP contribution in [0.5, 0.6) is 0 Å². The van der Waals surface area contributed by atoms with Crippen molar-refractivity contribution in [3.63, 3.8) is 0 Å². The molecule has 0 aliphatic carbocycles. The van der Waals surface area contributed by atoms with E-state index in [-0.39, 0.29) is 17.4 Å². The predicted octanol–water partition coefficient (Wildman–Crippen LogP) is 1.89. The quantitative estimate of drug-likeness (QED) is 0.790. The first kappa shape index (κ1) is 14.0. The zero-order valence-electron chi connectivity index (χ0n) is 10.5. The maximum absolute atomic E-state index is 13.7. The minimum absolute atomic E-state index is 0.000767. The van der Waals surface area contributed by atoms with Gasteiger partial charge in [-0.2, -0.15) is 0 Å². The number of benzene rings is 1. The zero-order valence-corrected chi connectivity index (χ0v) is 12.1. The van der Waals surface area contributed by atoms with Crippen molar-refractivity contribution >= 4 is 27.7 Å². The number of halogens is 2. The third-order valence-corrected chi connectivity index (χ3v) is 3.85. The number of hydrogen-bond donors (Lipinski definition) is 0. The molecule has 1 saturated heterocycles. The Hall–Kier alpha value is -1.43. The third-order valence-electron chi connectivity index (χ3n) is 3.19. The molecule has 0 saturated carbocycles. The van der Waals surface area contributed by atoms with Gasteiger partial charge < -0.3 is 9.80 Å². The van der Waals surface area contributed by atoms with Gasteiger partial charge in [0, 0.05) is 37.6 Å². The van der Waals surface area contributed by atoms with Crippen LogP contribution in [0.1, 0.15) is 17.3 Å². The molecule has 0 unspecified atom stereocenters. The highest BCUT2D eigenvalue weighted by Gasteiger charge is 2.26. The van der Waals surface area contributed by atoms with Gasteiger partial charge in [0.15, 0.2) is 0 Å². The number of amides is 2. The molecular formula is C13H14BrFN2O2. The number of hydrogen-bond acceptors (Lipinski definition) is 2. The van der Waals surface area contributed by atoms with E-state index >= 15 is 0 Å². The van der Waals surface area contributed by atoms with Crippen molar-refractivity contribution in [1.29, 1.82) is 0 Å². The van der Waals surface area contributed by atoms with E-state index in [0.29, 0.717) is 30.7 Å². The van der Waals surface area contributed by atoms with Crippen molar-refractivity contribution < 1.29 is 14.0 Å². The second-order valence-electron chi connectivity index (χ2n) is 4.39. The molecule has 102 valence electrons. The Morgan fingerprint density at radius 3 is 2.26 bits per heavy atom. The van der Waals surface area contributed by atoms with Crippen molar-refractivity contribution in [2.45, 2.75) is 6.92 Å². The smallest absolute Gasteiger partial charge is 0.258 e. The van der Waals surface area contributed by atoms with Crippen LogP contribution in [-0.4, -0.2) is 47.8 Å². The number of carbonyl (C=O) groups is 2. The van der Waals surface area contributed by atoms with Gasteiger partial charge in [-0.15, -0.1) is 0 Å². The van der Waals surface area contributed by atoms with Crippen LogP contribution >= 0.6 is 15.9 Å². The van der Waals surface area contributed by atoms with Crippen LogP contribution in [0.3, 0.4) is 0 Å². The van der Waals surface area contributed by atoms with Crippen LogP contribution in [0.4, 0.5) is 4.39 Å². The van der Waals surface area contributed by atoms with Crippen LogP contribution in [0, 0.1) is 5.82 Å². The molecule has 0 aromatic heterocycles. The van der Waals surface area contributed by atoms with Crippen molar-refractivity contribution in [2.75, 3.05) is 26.2 Å². The molecule has 0 N–H and O–H groups in total. The Balaban J connectivity index is 2.12. The van der Waals surface area contributed by atoms with E-state index in [2.05, 4.69) is 15.9 Å². The molecule has 0 atom stereocenters. The molecular weight excluding hydrogens is 315 g/mol. The summed E-state index contributed by atoms with van der Waals surface area (Å²) in [5.74, 6) is -0.874. The van der Waals surface area contributed by atoms with Gasteiger partial charge in [0.2, 0.25) is 5.91 Å². The summed E-state index contributed by atoms with van der Waals surface area (Å²) in [6, 6.07) is 4.45. The molecule has 1 aliphatic heterocycles. The Kier molecular flexibility index (Phi) is 4.19. The highest BCUT2D eigenvalue weighted by Crippen LogP contribution is 2.22. The molecule has 2 amide bonds. The Morgan fingerprint density at radius 2 is 1.74 bits per heavy atom. The molecule has 2 rings (SSSR count). The van der Waals surface area contributed by atoms with Gasteiger partial charge in [0.1, 0.15) is 5.82 Å². The second kappa shape index (κ2) is 5.69. The number of carbonyl (C=O) groups excluding carboxylic acids is 2. The number of nitrogens with zero attached hydrogens (tertiary/aromatic N) is 2. The summed E-state index contributed by atoms with van der Waals surface area (Å²) in [5.41, 5.74) is 0.0544. The van der Waals surface area contributed by atoms with Crippen molar-refractivity contribution in [3.8, 4) is 0 Å². The van der Waals surface area contributed by atoms with E-state index in [4.69, 9.17) is 0 Å². The normalized spacial score (nSPS) is 15.5. The van der Waals surface area contributed by atoms with E-state index in [9.17, 15) is 14.0 Å². The summed E-state index contributed by atoms with van der Waals surface area (Å²) in [6.45, 7) is 3.35. The molecule has 1 heterocycles. The lowest BCUT2D eigenvalue weighted by Gasteiger charge is -2.34. The van der Waals surface area contributed by atoms with Crippen LogP contribution in [0.25, 0.3) is 0 Å². The van der Waals surface area contributed by atoms with Crippen LogP contribution in [0.15, 0.2) is 22.7 Å². The van der Waals surface area contributed by atoms with Crippen LogP contribution in [0.2, 0.25) is 0 Å². The van der Waals surface area contributed by atoms with E-state index in [1.807, 2.05) is 0 Å². The van der Waals surface area contributed by atoms with Crippen molar-refractivity contribution in [2.24, 2.45) is 0 Å². The van der Waals surface area contributed by atoms with Gasteiger partial charge >= 0.3 is 0 Å². The molecule has 1 aromatic carbocycles. The average molecular weight is 329 g/mol. The van der Waals surface area contributed by atoms with Gasteiger partial charge in [0.05, 0.1) is 5.56 Å². The monoisotopic (exact) mass is 328 g/mol. The summed E-state index contributed by atoms with van der Waals surface area (Å²) < 4.78 is 14.2. The maximum Gasteiger partial charge on any atom is 0.258 e. The van der Waals surface area contributed by atoms with Crippen molar-refractivity contribution in [3.05, 3.63) is 34.1 Å². The number of rotatable bonds is 1. The van der Waals surface area contributed by atoms with E-state index in [1.54, 1.807) is 21.9 Å². The highest BCUT2D eigenvalue weighted by molar-refractivity contribution is 9.10. The first-order chi connectivity index (χ1) is 9.00. The Labute approximate surface area is 119 Å². The lowest BCUT2D eigenvalue weighted by molar-refractivity contribution is -0.130. The molecule has 1 aromatic rings. The minimum Gasteiger partial charge on any atom is -0.339 e. The first-order valence-electron chi connectivity index (χ1n) is 5.99. The third kappa shape index (κ3) is 2.94. The van der Waals surface area contributed by atoms with Gasteiger partial charge in [-0.1, -0.05) is 6.07 Å². The molecule has 19 heavy (non-hydrogen) atoms. The SMILES string of the molecule is CC(=O)N1CCN(C(=O)c2c(F)cccc2Br)CC1. The molecule has 1 fully saturated rings. The fourth-order valence-electron chi connectivity index (χ4n) is 2.08. The lowest BCUT2D eigenvalue weighted by Crippen LogP contribution is -2.50. The van der Waals surface area contributed by atoms with E-state index in [1.165, 1.54) is 13.0 Å². The molecule has 0 radical (unpaired) electrons. The van der Waals surface area contributed by atoms with Gasteiger partial charge in [-0.3, -0.25) is 9.59 Å². The molecule has 6 heteroatoms. The largest absolute Gasteiger partial charge is 0.339 e. The lowest BCUT2D eigenvalue weighted by atomic mass is 10.1.